The summed E-state index contributed by atoms with van der Waals surface area (Å²) < 4.78 is 12.8. The van der Waals surface area contributed by atoms with Crippen molar-refractivity contribution in [2.24, 2.45) is 0 Å². The van der Waals surface area contributed by atoms with E-state index in [1.165, 1.54) is 0 Å². The first-order chi connectivity index (χ1) is 5.61. The zero-order chi connectivity index (χ0) is 9.14. The topological polar surface area (TPSA) is 70.4 Å². The summed E-state index contributed by atoms with van der Waals surface area (Å²) in [5, 5.41) is 17.1. The molecular formula is C7H6FNO3. The summed E-state index contributed by atoms with van der Waals surface area (Å²) in [7, 11) is 0. The first kappa shape index (κ1) is 8.45. The van der Waals surface area contributed by atoms with E-state index in [1.807, 2.05) is 0 Å². The van der Waals surface area contributed by atoms with E-state index in [9.17, 15) is 9.18 Å². The first-order valence-electron chi connectivity index (χ1n) is 3.14. The maximum absolute atomic E-state index is 12.8. The van der Waals surface area contributed by atoms with Crippen LogP contribution in [0, 0.1) is 5.82 Å². The molecule has 0 aromatic carbocycles. The quantitative estimate of drug-likeness (QED) is 0.681. The molecule has 0 aliphatic carbocycles. The molecule has 0 aliphatic heterocycles. The van der Waals surface area contributed by atoms with Gasteiger partial charge in [-0.2, -0.15) is 0 Å². The van der Waals surface area contributed by atoms with Gasteiger partial charge in [0.05, 0.1) is 12.6 Å². The molecule has 0 aliphatic rings. The van der Waals surface area contributed by atoms with Gasteiger partial charge in [-0.3, -0.25) is 9.78 Å². The predicted octanol–water partition coefficient (Wildman–Crippen LogP) is 0.553. The molecule has 0 saturated heterocycles. The Morgan fingerprint density at radius 1 is 1.58 bits per heavy atom. The van der Waals surface area contributed by atoms with Gasteiger partial charge in [0.25, 0.3) is 0 Å². The smallest absolute Gasteiger partial charge is 0.307 e. The van der Waals surface area contributed by atoms with Gasteiger partial charge < -0.3 is 10.2 Å². The number of aliphatic carboxylic acids is 1. The Bertz CT molecular complexity index is 314. The summed E-state index contributed by atoms with van der Waals surface area (Å²) in [5.41, 5.74) is -0.123. The van der Waals surface area contributed by atoms with E-state index >= 15 is 0 Å². The molecule has 1 aromatic rings. The van der Waals surface area contributed by atoms with Crippen molar-refractivity contribution in [2.75, 3.05) is 0 Å². The zero-order valence-electron chi connectivity index (χ0n) is 5.99. The van der Waals surface area contributed by atoms with Crippen LogP contribution in [-0.2, 0) is 11.2 Å². The minimum Gasteiger partial charge on any atom is -0.504 e. The fraction of sp³-hybridized carbons (Fsp3) is 0.143. The third-order valence-corrected chi connectivity index (χ3v) is 1.28. The van der Waals surface area contributed by atoms with Crippen LogP contribution in [0.2, 0.25) is 0 Å². The molecule has 0 bridgehead atoms. The van der Waals surface area contributed by atoms with Gasteiger partial charge in [0, 0.05) is 11.8 Å². The summed E-state index contributed by atoms with van der Waals surface area (Å²) in [5.74, 6) is -2.72. The highest BCUT2D eigenvalue weighted by molar-refractivity contribution is 5.70. The maximum atomic E-state index is 12.8. The summed E-state index contributed by atoms with van der Waals surface area (Å²) in [6, 6.07) is 0. The van der Waals surface area contributed by atoms with Crippen LogP contribution >= 0.6 is 0 Å². The molecule has 1 heterocycles. The Hall–Kier alpha value is -1.65. The second-order valence-corrected chi connectivity index (χ2v) is 2.20. The third kappa shape index (κ3) is 1.69. The van der Waals surface area contributed by atoms with Crippen molar-refractivity contribution in [3.63, 3.8) is 0 Å². The molecule has 0 unspecified atom stereocenters. The second-order valence-electron chi connectivity index (χ2n) is 2.20. The minimum absolute atomic E-state index is 0.123. The van der Waals surface area contributed by atoms with E-state index in [4.69, 9.17) is 10.2 Å². The maximum Gasteiger partial charge on any atom is 0.307 e. The van der Waals surface area contributed by atoms with Crippen LogP contribution in [0.4, 0.5) is 4.39 Å². The summed E-state index contributed by atoms with van der Waals surface area (Å²) in [4.78, 5) is 13.6. The van der Waals surface area contributed by atoms with Crippen LogP contribution in [0.1, 0.15) is 5.56 Å². The molecule has 0 atom stereocenters. The van der Waals surface area contributed by atoms with Crippen molar-refractivity contribution >= 4 is 5.97 Å². The number of aromatic hydroxyl groups is 1. The van der Waals surface area contributed by atoms with Gasteiger partial charge >= 0.3 is 5.97 Å². The molecule has 4 nitrogen and oxygen atoms in total. The number of carbonyl (C=O) groups is 1. The average Bonchev–Trinajstić information content (AvgIpc) is 1.98. The number of rotatable bonds is 2. The number of pyridine rings is 1. The fourth-order valence-electron chi connectivity index (χ4n) is 0.762. The molecule has 64 valence electrons. The van der Waals surface area contributed by atoms with E-state index in [2.05, 4.69) is 4.98 Å². The Morgan fingerprint density at radius 2 is 2.25 bits per heavy atom. The van der Waals surface area contributed by atoms with Gasteiger partial charge in [-0.05, 0) is 0 Å². The Kier molecular flexibility index (Phi) is 2.23. The van der Waals surface area contributed by atoms with Crippen LogP contribution in [0.15, 0.2) is 12.4 Å². The molecule has 0 amide bonds. The van der Waals surface area contributed by atoms with Crippen molar-refractivity contribution in [1.29, 1.82) is 0 Å². The Labute approximate surface area is 67.3 Å². The number of hydrogen-bond acceptors (Lipinski definition) is 3. The molecular weight excluding hydrogens is 165 g/mol. The van der Waals surface area contributed by atoms with Crippen LogP contribution in [-0.4, -0.2) is 21.2 Å². The van der Waals surface area contributed by atoms with Crippen molar-refractivity contribution in [1.82, 2.24) is 4.98 Å². The van der Waals surface area contributed by atoms with Crippen LogP contribution in [0.5, 0.6) is 5.75 Å². The molecule has 0 spiro atoms. The summed E-state index contributed by atoms with van der Waals surface area (Å²) >= 11 is 0. The number of nitrogens with zero attached hydrogens (tertiary/aromatic N) is 1. The summed E-state index contributed by atoms with van der Waals surface area (Å²) in [6.45, 7) is 0. The van der Waals surface area contributed by atoms with E-state index in [0.717, 1.165) is 12.4 Å². The molecule has 0 fully saturated rings. The highest BCUT2D eigenvalue weighted by Crippen LogP contribution is 2.16. The fourth-order valence-corrected chi connectivity index (χ4v) is 0.762. The van der Waals surface area contributed by atoms with E-state index < -0.39 is 24.0 Å². The van der Waals surface area contributed by atoms with Crippen molar-refractivity contribution < 1.29 is 19.4 Å². The van der Waals surface area contributed by atoms with Crippen LogP contribution in [0.25, 0.3) is 0 Å². The van der Waals surface area contributed by atoms with Crippen LogP contribution < -0.4 is 0 Å². The highest BCUT2D eigenvalue weighted by atomic mass is 19.1. The van der Waals surface area contributed by atoms with Crippen molar-refractivity contribution in [2.45, 2.75) is 6.42 Å². The molecule has 0 saturated carbocycles. The number of carboxylic acids is 1. The highest BCUT2D eigenvalue weighted by Gasteiger charge is 2.10. The lowest BCUT2D eigenvalue weighted by Crippen LogP contribution is -2.02. The molecule has 1 rings (SSSR count). The second kappa shape index (κ2) is 3.17. The monoisotopic (exact) mass is 171 g/mol. The molecule has 1 aromatic heterocycles. The number of carboxylic acid groups (broad SMARTS) is 1. The lowest BCUT2D eigenvalue weighted by atomic mass is 10.2. The average molecular weight is 171 g/mol. The van der Waals surface area contributed by atoms with Gasteiger partial charge in [0.2, 0.25) is 0 Å². The lowest BCUT2D eigenvalue weighted by Gasteiger charge is -1.99. The lowest BCUT2D eigenvalue weighted by molar-refractivity contribution is -0.136. The molecule has 12 heavy (non-hydrogen) atoms. The van der Waals surface area contributed by atoms with Crippen molar-refractivity contribution in [3.8, 4) is 5.75 Å². The number of aromatic nitrogens is 1. The van der Waals surface area contributed by atoms with E-state index in [0.29, 0.717) is 0 Å². The van der Waals surface area contributed by atoms with E-state index in [-0.39, 0.29) is 5.56 Å². The van der Waals surface area contributed by atoms with Gasteiger partial charge in [-0.25, -0.2) is 4.39 Å². The van der Waals surface area contributed by atoms with Gasteiger partial charge in [-0.15, -0.1) is 0 Å². The van der Waals surface area contributed by atoms with Crippen molar-refractivity contribution in [3.05, 3.63) is 23.8 Å². The normalized spacial score (nSPS) is 9.75. The largest absolute Gasteiger partial charge is 0.504 e. The minimum atomic E-state index is -1.17. The summed E-state index contributed by atoms with van der Waals surface area (Å²) in [6.07, 6.45) is 1.51. The molecule has 5 heteroatoms. The van der Waals surface area contributed by atoms with E-state index in [1.54, 1.807) is 0 Å². The number of hydrogen-bond donors (Lipinski definition) is 2. The first-order valence-corrected chi connectivity index (χ1v) is 3.14. The zero-order valence-corrected chi connectivity index (χ0v) is 5.99. The standard InChI is InChI=1S/C7H6FNO3/c8-7-4(1-6(11)12)2-9-3-5(7)10/h2-3,10H,1H2,(H,11,12). The third-order valence-electron chi connectivity index (χ3n) is 1.28. The number of halogens is 1. The van der Waals surface area contributed by atoms with Gasteiger partial charge in [0.15, 0.2) is 11.6 Å². The van der Waals surface area contributed by atoms with Crippen LogP contribution in [0.3, 0.4) is 0 Å². The SMILES string of the molecule is O=C(O)Cc1cncc(O)c1F. The molecule has 2 N–H and O–H groups in total. The van der Waals surface area contributed by atoms with Gasteiger partial charge in [0.1, 0.15) is 0 Å². The Morgan fingerprint density at radius 3 is 2.83 bits per heavy atom. The van der Waals surface area contributed by atoms with Gasteiger partial charge in [-0.1, -0.05) is 0 Å². The Balaban J connectivity index is 3.00. The predicted molar refractivity (Wildman–Crippen MR) is 37.2 cm³/mol. The molecule has 0 radical (unpaired) electrons.